The lowest BCUT2D eigenvalue weighted by molar-refractivity contribution is 0.252. The molecule has 1 aromatic carbocycles. The van der Waals surface area contributed by atoms with Gasteiger partial charge in [0.15, 0.2) is 0 Å². The molecule has 4 heteroatoms. The molecule has 0 bridgehead atoms. The molecule has 1 heterocycles. The highest BCUT2D eigenvalue weighted by Gasteiger charge is 2.48. The molecule has 1 saturated heterocycles. The number of ether oxygens (including phenoxy) is 2. The van der Waals surface area contributed by atoms with E-state index < -0.39 is 0 Å². The monoisotopic (exact) mass is 263 g/mol. The van der Waals surface area contributed by atoms with Crippen LogP contribution in [0.3, 0.4) is 0 Å². The Bertz CT molecular complexity index is 521. The summed E-state index contributed by atoms with van der Waals surface area (Å²) >= 11 is 0. The lowest BCUT2D eigenvalue weighted by Crippen LogP contribution is -2.13. The van der Waals surface area contributed by atoms with Gasteiger partial charge in [0, 0.05) is 11.1 Å². The van der Waals surface area contributed by atoms with Crippen LogP contribution in [0.1, 0.15) is 36.1 Å². The molecular weight excluding hydrogens is 242 g/mol. The van der Waals surface area contributed by atoms with E-state index >= 15 is 0 Å². The van der Waals surface area contributed by atoms with E-state index in [0.29, 0.717) is 6.61 Å². The van der Waals surface area contributed by atoms with E-state index in [0.717, 1.165) is 28.0 Å². The molecule has 1 unspecified atom stereocenters. The van der Waals surface area contributed by atoms with Gasteiger partial charge in [-0.2, -0.15) is 0 Å². The minimum atomic E-state index is -0.0676. The van der Waals surface area contributed by atoms with Crippen molar-refractivity contribution in [3.63, 3.8) is 0 Å². The molecule has 0 spiro atoms. The zero-order valence-corrected chi connectivity index (χ0v) is 12.2. The molecule has 1 fully saturated rings. The van der Waals surface area contributed by atoms with E-state index in [1.165, 1.54) is 6.21 Å². The Hall–Kier alpha value is -1.55. The van der Waals surface area contributed by atoms with Gasteiger partial charge in [-0.05, 0) is 45.7 Å². The summed E-state index contributed by atoms with van der Waals surface area (Å²) in [6.45, 7) is 10.7. The summed E-state index contributed by atoms with van der Waals surface area (Å²) in [7, 11) is 0. The number of hydrogen-bond acceptors (Lipinski definition) is 4. The summed E-state index contributed by atoms with van der Waals surface area (Å²) in [5.74, 6) is 0.854. The van der Waals surface area contributed by atoms with E-state index in [4.69, 9.17) is 14.7 Å². The van der Waals surface area contributed by atoms with Gasteiger partial charge in [0.2, 0.25) is 0 Å². The van der Waals surface area contributed by atoms with Crippen LogP contribution in [-0.2, 0) is 4.74 Å². The molecule has 0 radical (unpaired) electrons. The first kappa shape index (κ1) is 13.9. The molecule has 4 nitrogen and oxygen atoms in total. The molecule has 0 aromatic heterocycles. The van der Waals surface area contributed by atoms with Gasteiger partial charge in [-0.3, -0.25) is 0 Å². The summed E-state index contributed by atoms with van der Waals surface area (Å²) in [5.41, 5.74) is 3.99. The van der Waals surface area contributed by atoms with Crippen LogP contribution >= 0.6 is 0 Å². The molecule has 0 aliphatic carbocycles. The second kappa shape index (κ2) is 4.85. The Morgan fingerprint density at radius 3 is 2.53 bits per heavy atom. The van der Waals surface area contributed by atoms with E-state index in [-0.39, 0.29) is 11.7 Å². The van der Waals surface area contributed by atoms with Gasteiger partial charge in [0.1, 0.15) is 18.5 Å². The molecule has 1 atom stereocenters. The average Bonchev–Trinajstić information content (AvgIpc) is 2.92. The first-order valence-corrected chi connectivity index (χ1v) is 6.45. The molecule has 1 aliphatic rings. The van der Waals surface area contributed by atoms with Gasteiger partial charge in [-0.15, -0.1) is 0 Å². The number of epoxide rings is 1. The van der Waals surface area contributed by atoms with Crippen LogP contribution in [0.4, 0.5) is 0 Å². The van der Waals surface area contributed by atoms with Crippen LogP contribution in [0.2, 0.25) is 0 Å². The number of aryl methyl sites for hydroxylation is 2. The van der Waals surface area contributed by atoms with Crippen molar-refractivity contribution < 1.29 is 14.7 Å². The third kappa shape index (κ3) is 2.73. The second-order valence-electron chi connectivity index (χ2n) is 5.64. The SMILES string of the molecule is Cc1cc(C)c(OCC2OC2(C)C)c(C)c1/C=N/O. The summed E-state index contributed by atoms with van der Waals surface area (Å²) in [6.07, 6.45) is 1.61. The van der Waals surface area contributed by atoms with Crippen LogP contribution < -0.4 is 4.74 Å². The van der Waals surface area contributed by atoms with Gasteiger partial charge >= 0.3 is 0 Å². The third-order valence-electron chi connectivity index (χ3n) is 3.69. The minimum Gasteiger partial charge on any atom is -0.490 e. The van der Waals surface area contributed by atoms with Crippen molar-refractivity contribution in [1.29, 1.82) is 0 Å². The maximum Gasteiger partial charge on any atom is 0.125 e. The lowest BCUT2D eigenvalue weighted by atomic mass is 9.99. The fourth-order valence-electron chi connectivity index (χ4n) is 2.39. The molecule has 1 aromatic rings. The van der Waals surface area contributed by atoms with Gasteiger partial charge in [0.05, 0.1) is 11.8 Å². The second-order valence-corrected chi connectivity index (χ2v) is 5.64. The highest BCUT2D eigenvalue weighted by atomic mass is 16.6. The molecule has 2 rings (SSSR count). The molecule has 0 saturated carbocycles. The smallest absolute Gasteiger partial charge is 0.125 e. The zero-order chi connectivity index (χ0) is 14.2. The van der Waals surface area contributed by atoms with E-state index in [2.05, 4.69) is 19.0 Å². The van der Waals surface area contributed by atoms with Gasteiger partial charge in [-0.1, -0.05) is 11.2 Å². The van der Waals surface area contributed by atoms with Crippen LogP contribution in [0.25, 0.3) is 0 Å². The van der Waals surface area contributed by atoms with Crippen molar-refractivity contribution in [2.45, 2.75) is 46.3 Å². The predicted octanol–water partition coefficient (Wildman–Crippen LogP) is 2.98. The first-order chi connectivity index (χ1) is 8.86. The van der Waals surface area contributed by atoms with Crippen molar-refractivity contribution >= 4 is 6.21 Å². The zero-order valence-electron chi connectivity index (χ0n) is 12.2. The van der Waals surface area contributed by atoms with Crippen LogP contribution in [-0.4, -0.2) is 29.7 Å². The number of oxime groups is 1. The molecule has 0 amide bonds. The molecule has 1 aliphatic heterocycles. The Kier molecular flexibility index (Phi) is 3.54. The standard InChI is InChI=1S/C15H21NO3/c1-9-6-10(2)14(11(3)12(9)7-16-17)18-8-13-15(4,5)19-13/h6-7,13,17H,8H2,1-5H3/b16-7+. The highest BCUT2D eigenvalue weighted by Crippen LogP contribution is 2.36. The molecule has 104 valence electrons. The molecule has 19 heavy (non-hydrogen) atoms. The largest absolute Gasteiger partial charge is 0.490 e. The Balaban J connectivity index is 2.22. The molecule has 1 N–H and O–H groups in total. The Labute approximate surface area is 114 Å². The number of hydrogen-bond donors (Lipinski definition) is 1. The average molecular weight is 263 g/mol. The summed E-state index contributed by atoms with van der Waals surface area (Å²) in [5, 5.41) is 11.9. The summed E-state index contributed by atoms with van der Waals surface area (Å²) < 4.78 is 11.4. The topological polar surface area (TPSA) is 54.3 Å². The van der Waals surface area contributed by atoms with E-state index in [1.807, 2.05) is 26.8 Å². The highest BCUT2D eigenvalue weighted by molar-refractivity contribution is 5.84. The van der Waals surface area contributed by atoms with Gasteiger partial charge < -0.3 is 14.7 Å². The number of nitrogens with zero attached hydrogens (tertiary/aromatic N) is 1. The van der Waals surface area contributed by atoms with Crippen molar-refractivity contribution in [2.24, 2.45) is 5.16 Å². The van der Waals surface area contributed by atoms with E-state index in [9.17, 15) is 0 Å². The maximum absolute atomic E-state index is 8.73. The van der Waals surface area contributed by atoms with Crippen LogP contribution in [0.15, 0.2) is 11.2 Å². The quantitative estimate of drug-likeness (QED) is 0.393. The Morgan fingerprint density at radius 2 is 2.00 bits per heavy atom. The summed E-state index contributed by atoms with van der Waals surface area (Å²) in [6, 6.07) is 2.04. The normalized spacial score (nSPS) is 20.8. The first-order valence-electron chi connectivity index (χ1n) is 6.45. The lowest BCUT2D eigenvalue weighted by Gasteiger charge is -2.15. The maximum atomic E-state index is 8.73. The van der Waals surface area contributed by atoms with Crippen molar-refractivity contribution in [3.05, 3.63) is 28.3 Å². The van der Waals surface area contributed by atoms with Crippen LogP contribution in [0, 0.1) is 20.8 Å². The fraction of sp³-hybridized carbons (Fsp3) is 0.533. The van der Waals surface area contributed by atoms with E-state index in [1.54, 1.807) is 0 Å². The van der Waals surface area contributed by atoms with Gasteiger partial charge in [0.25, 0.3) is 0 Å². The van der Waals surface area contributed by atoms with Gasteiger partial charge in [-0.25, -0.2) is 0 Å². The fourth-order valence-corrected chi connectivity index (χ4v) is 2.39. The Morgan fingerprint density at radius 1 is 1.37 bits per heavy atom. The van der Waals surface area contributed by atoms with Crippen molar-refractivity contribution in [1.82, 2.24) is 0 Å². The number of rotatable bonds is 4. The predicted molar refractivity (Wildman–Crippen MR) is 74.5 cm³/mol. The number of benzene rings is 1. The minimum absolute atomic E-state index is 0.0676. The van der Waals surface area contributed by atoms with Crippen LogP contribution in [0.5, 0.6) is 5.75 Å². The summed E-state index contributed by atoms with van der Waals surface area (Å²) in [4.78, 5) is 0. The van der Waals surface area contributed by atoms with Crippen molar-refractivity contribution in [3.8, 4) is 5.75 Å². The van der Waals surface area contributed by atoms with Crippen molar-refractivity contribution in [2.75, 3.05) is 6.61 Å². The molecular formula is C15H21NO3. The third-order valence-corrected chi connectivity index (χ3v) is 3.69.